The summed E-state index contributed by atoms with van der Waals surface area (Å²) >= 11 is 0. The first-order chi connectivity index (χ1) is 12.5. The Morgan fingerprint density at radius 2 is 2.00 bits per heavy atom. The molecule has 1 unspecified atom stereocenters. The quantitative estimate of drug-likeness (QED) is 0.595. The van der Waals surface area contributed by atoms with Crippen molar-refractivity contribution < 1.29 is 13.7 Å². The lowest BCUT2D eigenvalue weighted by molar-refractivity contribution is 0.172. The molecule has 138 valence electrons. The monoisotopic (exact) mass is 373 g/mol. The molecule has 0 amide bonds. The zero-order valence-corrected chi connectivity index (χ0v) is 16.3. The minimum atomic E-state index is -1.26. The first-order valence-corrected chi connectivity index (χ1v) is 9.95. The molecule has 0 saturated carbocycles. The largest absolute Gasteiger partial charge is 0.493 e. The highest BCUT2D eigenvalue weighted by atomic mass is 32.2. The Morgan fingerprint density at radius 3 is 2.73 bits per heavy atom. The van der Waals surface area contributed by atoms with Gasteiger partial charge in [-0.1, -0.05) is 6.07 Å². The van der Waals surface area contributed by atoms with Crippen LogP contribution in [-0.4, -0.2) is 44.7 Å². The van der Waals surface area contributed by atoms with Crippen LogP contribution in [0.15, 0.2) is 30.5 Å². The predicted molar refractivity (Wildman–Crippen MR) is 104 cm³/mol. The zero-order chi connectivity index (χ0) is 18.7. The molecule has 26 heavy (non-hydrogen) atoms. The van der Waals surface area contributed by atoms with Crippen LogP contribution < -0.4 is 4.74 Å². The fourth-order valence-electron chi connectivity index (χ4n) is 2.86. The van der Waals surface area contributed by atoms with Crippen LogP contribution in [0, 0.1) is 13.8 Å². The fraction of sp³-hybridized carbons (Fsp3) is 0.368. The van der Waals surface area contributed by atoms with Crippen LogP contribution in [0.25, 0.3) is 22.6 Å². The van der Waals surface area contributed by atoms with Crippen molar-refractivity contribution in [2.45, 2.75) is 20.3 Å². The third-order valence-corrected chi connectivity index (χ3v) is 5.03. The normalized spacial score (nSPS) is 12.5. The molecule has 2 aromatic heterocycles. The van der Waals surface area contributed by atoms with Gasteiger partial charge in [0.1, 0.15) is 22.4 Å². The van der Waals surface area contributed by atoms with Crippen molar-refractivity contribution in [2.24, 2.45) is 0 Å². The molecule has 7 heteroatoms. The third-order valence-electron chi connectivity index (χ3n) is 4.14. The van der Waals surface area contributed by atoms with Gasteiger partial charge in [0, 0.05) is 38.2 Å². The Balaban J connectivity index is 2.06. The van der Waals surface area contributed by atoms with E-state index >= 15 is 0 Å². The molecule has 1 aromatic carbocycles. The van der Waals surface area contributed by atoms with Crippen molar-refractivity contribution in [1.29, 1.82) is 0 Å². The SMILES string of the molecule is COCCCOc1ccnc(-c2nc3cc(C)ccc3n2S(C)=O)c1C. The lowest BCUT2D eigenvalue weighted by Crippen LogP contribution is -2.07. The van der Waals surface area contributed by atoms with Gasteiger partial charge in [0.15, 0.2) is 5.82 Å². The molecule has 6 nitrogen and oxygen atoms in total. The number of hydrogen-bond acceptors (Lipinski definition) is 5. The molecule has 3 rings (SSSR count). The van der Waals surface area contributed by atoms with Crippen LogP contribution in [0.2, 0.25) is 0 Å². The minimum Gasteiger partial charge on any atom is -0.493 e. The molecule has 0 aliphatic carbocycles. The number of imidazole rings is 1. The van der Waals surface area contributed by atoms with Gasteiger partial charge in [0.25, 0.3) is 0 Å². The summed E-state index contributed by atoms with van der Waals surface area (Å²) in [7, 11) is 0.416. The number of ether oxygens (including phenoxy) is 2. The van der Waals surface area contributed by atoms with E-state index in [0.29, 0.717) is 24.7 Å². The van der Waals surface area contributed by atoms with Gasteiger partial charge in [-0.05, 0) is 37.6 Å². The van der Waals surface area contributed by atoms with Crippen molar-refractivity contribution in [2.75, 3.05) is 26.6 Å². The Morgan fingerprint density at radius 1 is 1.19 bits per heavy atom. The van der Waals surface area contributed by atoms with Crippen LogP contribution in [0.3, 0.4) is 0 Å². The molecule has 0 spiro atoms. The first kappa shape index (κ1) is 18.5. The van der Waals surface area contributed by atoms with Crippen molar-refractivity contribution in [3.63, 3.8) is 0 Å². The van der Waals surface area contributed by atoms with E-state index in [1.807, 2.05) is 38.1 Å². The van der Waals surface area contributed by atoms with E-state index in [-0.39, 0.29) is 0 Å². The summed E-state index contributed by atoms with van der Waals surface area (Å²) in [5, 5.41) is 0. The van der Waals surface area contributed by atoms with Gasteiger partial charge in [0.05, 0.1) is 17.6 Å². The molecule has 0 bridgehead atoms. The molecule has 0 aliphatic rings. The molecule has 0 saturated heterocycles. The first-order valence-electron chi connectivity index (χ1n) is 8.43. The molecule has 0 N–H and O–H groups in total. The molecule has 3 aromatic rings. The van der Waals surface area contributed by atoms with Crippen molar-refractivity contribution in [1.82, 2.24) is 13.9 Å². The van der Waals surface area contributed by atoms with Gasteiger partial charge >= 0.3 is 0 Å². The number of aryl methyl sites for hydroxylation is 1. The van der Waals surface area contributed by atoms with Crippen molar-refractivity contribution in [3.05, 3.63) is 41.6 Å². The Bertz CT molecular complexity index is 953. The smallest absolute Gasteiger partial charge is 0.172 e. The standard InChI is InChI=1S/C19H23N3O3S/c1-13-6-7-16-15(12-13)21-19(22(16)26(4)23)18-14(2)17(8-9-20-18)25-11-5-10-24-3/h6-9,12H,5,10-11H2,1-4H3. The maximum Gasteiger partial charge on any atom is 0.172 e. The second kappa shape index (κ2) is 7.97. The number of benzene rings is 1. The second-order valence-corrected chi connectivity index (χ2v) is 7.34. The minimum absolute atomic E-state index is 0.563. The van der Waals surface area contributed by atoms with E-state index in [9.17, 15) is 4.21 Å². The Hall–Kier alpha value is -2.25. The van der Waals surface area contributed by atoms with E-state index in [0.717, 1.165) is 34.3 Å². The summed E-state index contributed by atoms with van der Waals surface area (Å²) in [6.45, 7) is 5.18. The van der Waals surface area contributed by atoms with Crippen molar-refractivity contribution in [3.8, 4) is 17.3 Å². The molecular weight excluding hydrogens is 350 g/mol. The third kappa shape index (κ3) is 3.64. The summed E-state index contributed by atoms with van der Waals surface area (Å²) in [4.78, 5) is 9.20. The highest BCUT2D eigenvalue weighted by Gasteiger charge is 2.19. The number of aromatic nitrogens is 3. The van der Waals surface area contributed by atoms with Crippen LogP contribution >= 0.6 is 0 Å². The molecule has 0 fully saturated rings. The average molecular weight is 373 g/mol. The number of methoxy groups -OCH3 is 1. The lowest BCUT2D eigenvalue weighted by Gasteiger charge is -2.12. The van der Waals surface area contributed by atoms with Gasteiger partial charge < -0.3 is 9.47 Å². The maximum atomic E-state index is 12.4. The van der Waals surface area contributed by atoms with E-state index < -0.39 is 11.0 Å². The topological polar surface area (TPSA) is 66.2 Å². The number of hydrogen-bond donors (Lipinski definition) is 0. The highest BCUT2D eigenvalue weighted by molar-refractivity contribution is 7.83. The average Bonchev–Trinajstić information content (AvgIpc) is 2.98. The number of nitrogens with zero attached hydrogens (tertiary/aromatic N) is 3. The van der Waals surface area contributed by atoms with Crippen molar-refractivity contribution >= 4 is 22.0 Å². The van der Waals surface area contributed by atoms with Crippen LogP contribution in [0.1, 0.15) is 17.5 Å². The van der Waals surface area contributed by atoms with Gasteiger partial charge in [-0.25, -0.2) is 13.2 Å². The second-order valence-electron chi connectivity index (χ2n) is 6.12. The van der Waals surface area contributed by atoms with E-state index in [1.165, 1.54) is 0 Å². The number of rotatable bonds is 7. The summed E-state index contributed by atoms with van der Waals surface area (Å²) < 4.78 is 25.0. The molecule has 0 aliphatic heterocycles. The van der Waals surface area contributed by atoms with Crippen LogP contribution in [-0.2, 0) is 15.7 Å². The summed E-state index contributed by atoms with van der Waals surface area (Å²) in [6.07, 6.45) is 4.15. The number of pyridine rings is 1. The van der Waals surface area contributed by atoms with E-state index in [4.69, 9.17) is 14.5 Å². The molecular formula is C19H23N3O3S. The van der Waals surface area contributed by atoms with Crippen LogP contribution in [0.5, 0.6) is 5.75 Å². The summed E-state index contributed by atoms with van der Waals surface area (Å²) in [6, 6.07) is 7.77. The van der Waals surface area contributed by atoms with Crippen LogP contribution in [0.4, 0.5) is 0 Å². The van der Waals surface area contributed by atoms with E-state index in [2.05, 4.69) is 4.98 Å². The lowest BCUT2D eigenvalue weighted by atomic mass is 10.2. The van der Waals surface area contributed by atoms with Gasteiger partial charge in [-0.2, -0.15) is 0 Å². The van der Waals surface area contributed by atoms with Gasteiger partial charge in [-0.3, -0.25) is 4.98 Å². The summed E-state index contributed by atoms with van der Waals surface area (Å²) in [5.41, 5.74) is 4.30. The molecule has 0 radical (unpaired) electrons. The fourth-order valence-corrected chi connectivity index (χ4v) is 3.67. The Kier molecular flexibility index (Phi) is 5.68. The van der Waals surface area contributed by atoms with Gasteiger partial charge in [-0.15, -0.1) is 0 Å². The number of fused-ring (bicyclic) bond motifs is 1. The Labute approximate surface area is 155 Å². The molecule has 2 heterocycles. The predicted octanol–water partition coefficient (Wildman–Crippen LogP) is 3.27. The highest BCUT2D eigenvalue weighted by Crippen LogP contribution is 2.30. The van der Waals surface area contributed by atoms with Gasteiger partial charge in [0.2, 0.25) is 0 Å². The maximum absolute atomic E-state index is 12.4. The van der Waals surface area contributed by atoms with E-state index in [1.54, 1.807) is 23.5 Å². The summed E-state index contributed by atoms with van der Waals surface area (Å²) in [5.74, 6) is 1.34. The molecule has 1 atom stereocenters. The zero-order valence-electron chi connectivity index (χ0n) is 15.5.